The third kappa shape index (κ3) is 6.09. The van der Waals surface area contributed by atoms with Gasteiger partial charge in [0.05, 0.1) is 0 Å². The number of aryl methyl sites for hydroxylation is 1. The molecular formula is C22H33N3O3. The number of nitrogens with one attached hydrogen (secondary N) is 2. The highest BCUT2D eigenvalue weighted by Crippen LogP contribution is 2.43. The van der Waals surface area contributed by atoms with Crippen LogP contribution in [0.15, 0.2) is 29.8 Å². The first-order chi connectivity index (χ1) is 13.1. The third-order valence-electron chi connectivity index (χ3n) is 5.12. The minimum absolute atomic E-state index is 0.312. The number of ether oxygens (including phenoxy) is 1. The van der Waals surface area contributed by atoms with Crippen molar-refractivity contribution in [3.8, 4) is 0 Å². The maximum absolute atomic E-state index is 12.7. The lowest BCUT2D eigenvalue weighted by Crippen LogP contribution is -2.46. The molecular weight excluding hydrogens is 354 g/mol. The summed E-state index contributed by atoms with van der Waals surface area (Å²) < 4.78 is 5.38. The molecule has 0 spiro atoms. The summed E-state index contributed by atoms with van der Waals surface area (Å²) in [4.78, 5) is 24.9. The van der Waals surface area contributed by atoms with Crippen molar-refractivity contribution in [1.29, 1.82) is 0 Å². The van der Waals surface area contributed by atoms with Crippen molar-refractivity contribution in [3.63, 3.8) is 0 Å². The van der Waals surface area contributed by atoms with Crippen molar-refractivity contribution in [3.05, 3.63) is 41.0 Å². The Labute approximate surface area is 167 Å². The number of rotatable bonds is 5. The Hall–Kier alpha value is -2.34. The van der Waals surface area contributed by atoms with Crippen molar-refractivity contribution >= 4 is 18.1 Å². The molecule has 0 bridgehead atoms. The first-order valence-electron chi connectivity index (χ1n) is 9.92. The molecule has 1 aliphatic carbocycles. The van der Waals surface area contributed by atoms with E-state index in [1.54, 1.807) is 0 Å². The highest BCUT2D eigenvalue weighted by atomic mass is 16.6. The molecule has 0 heterocycles. The van der Waals surface area contributed by atoms with Gasteiger partial charge in [0.25, 0.3) is 5.91 Å². The molecule has 1 saturated carbocycles. The lowest BCUT2D eigenvalue weighted by Gasteiger charge is -2.39. The summed E-state index contributed by atoms with van der Waals surface area (Å²) in [5, 5.41) is 2.88. The largest absolute Gasteiger partial charge is 0.444 e. The Morgan fingerprint density at radius 2 is 1.75 bits per heavy atom. The predicted molar refractivity (Wildman–Crippen MR) is 111 cm³/mol. The van der Waals surface area contributed by atoms with E-state index >= 15 is 0 Å². The van der Waals surface area contributed by atoms with Crippen molar-refractivity contribution in [2.45, 2.75) is 65.4 Å². The molecule has 0 saturated heterocycles. The standard InChI is InChI=1S/C22H33N3O3/c1-16-8-10-17(11-9-16)14-18(19(26)25-23)22(12-6-5-7-13-22)15-24-20(27)28-21(2,3)4/h8-11,14H,5-7,12-13,15,23H2,1-4H3,(H,24,27)(H,25,26). The molecule has 0 aliphatic heterocycles. The number of carbonyl (C=O) groups excluding carboxylic acids is 2. The second-order valence-electron chi connectivity index (χ2n) is 8.64. The van der Waals surface area contributed by atoms with Crippen LogP contribution < -0.4 is 16.6 Å². The van der Waals surface area contributed by atoms with Gasteiger partial charge in [-0.1, -0.05) is 49.1 Å². The van der Waals surface area contributed by atoms with Gasteiger partial charge in [0, 0.05) is 17.5 Å². The van der Waals surface area contributed by atoms with Crippen LogP contribution in [-0.4, -0.2) is 24.1 Å². The third-order valence-corrected chi connectivity index (χ3v) is 5.12. The Kier molecular flexibility index (Phi) is 7.24. The number of hydrazine groups is 1. The summed E-state index contributed by atoms with van der Waals surface area (Å²) >= 11 is 0. The van der Waals surface area contributed by atoms with E-state index < -0.39 is 17.1 Å². The number of benzene rings is 1. The number of amides is 2. The SMILES string of the molecule is Cc1ccc(C=C(C(=O)NN)C2(CNC(=O)OC(C)(C)C)CCCCC2)cc1. The topological polar surface area (TPSA) is 93.5 Å². The first-order valence-corrected chi connectivity index (χ1v) is 9.92. The van der Waals surface area contributed by atoms with Gasteiger partial charge in [-0.2, -0.15) is 0 Å². The zero-order valence-corrected chi connectivity index (χ0v) is 17.4. The van der Waals surface area contributed by atoms with Crippen LogP contribution >= 0.6 is 0 Å². The van der Waals surface area contributed by atoms with Crippen molar-refractivity contribution in [2.24, 2.45) is 11.3 Å². The Bertz CT molecular complexity index is 712. The molecule has 2 amide bonds. The molecule has 6 heteroatoms. The van der Waals surface area contributed by atoms with Gasteiger partial charge in [0.2, 0.25) is 0 Å². The minimum Gasteiger partial charge on any atom is -0.444 e. The summed E-state index contributed by atoms with van der Waals surface area (Å²) in [6.07, 6.45) is 6.17. The van der Waals surface area contributed by atoms with Crippen LogP contribution in [0, 0.1) is 12.3 Å². The van der Waals surface area contributed by atoms with E-state index in [2.05, 4.69) is 10.7 Å². The quantitative estimate of drug-likeness (QED) is 0.310. The lowest BCUT2D eigenvalue weighted by molar-refractivity contribution is -0.118. The summed E-state index contributed by atoms with van der Waals surface area (Å²) in [5.74, 6) is 5.19. The van der Waals surface area contributed by atoms with E-state index in [0.29, 0.717) is 12.1 Å². The Balaban J connectivity index is 2.33. The van der Waals surface area contributed by atoms with Crippen LogP contribution in [0.1, 0.15) is 64.0 Å². The van der Waals surface area contributed by atoms with Gasteiger partial charge < -0.3 is 10.1 Å². The molecule has 0 radical (unpaired) electrons. The van der Waals surface area contributed by atoms with Gasteiger partial charge in [-0.25, -0.2) is 10.6 Å². The smallest absolute Gasteiger partial charge is 0.407 e. The van der Waals surface area contributed by atoms with E-state index in [1.165, 1.54) is 0 Å². The fourth-order valence-electron chi connectivity index (χ4n) is 3.69. The van der Waals surface area contributed by atoms with Crippen LogP contribution in [0.5, 0.6) is 0 Å². The van der Waals surface area contributed by atoms with Gasteiger partial charge >= 0.3 is 6.09 Å². The minimum atomic E-state index is -0.570. The number of hydrogen-bond acceptors (Lipinski definition) is 4. The average molecular weight is 388 g/mol. The fourth-order valence-corrected chi connectivity index (χ4v) is 3.69. The van der Waals surface area contributed by atoms with E-state index in [0.717, 1.165) is 43.2 Å². The molecule has 154 valence electrons. The molecule has 1 aromatic carbocycles. The maximum Gasteiger partial charge on any atom is 0.407 e. The summed E-state index contributed by atoms with van der Waals surface area (Å²) in [6, 6.07) is 7.99. The Morgan fingerprint density at radius 1 is 1.14 bits per heavy atom. The number of alkyl carbamates (subject to hydrolysis) is 1. The predicted octanol–water partition coefficient (Wildman–Crippen LogP) is 3.84. The molecule has 28 heavy (non-hydrogen) atoms. The van der Waals surface area contributed by atoms with E-state index in [-0.39, 0.29) is 5.91 Å². The molecule has 0 atom stereocenters. The second-order valence-corrected chi connectivity index (χ2v) is 8.64. The van der Waals surface area contributed by atoms with Gasteiger partial charge in [-0.05, 0) is 52.2 Å². The average Bonchev–Trinajstić information content (AvgIpc) is 2.65. The monoisotopic (exact) mass is 387 g/mol. The summed E-state index contributed by atoms with van der Waals surface area (Å²) in [5.41, 5.74) is 3.95. The van der Waals surface area contributed by atoms with E-state index in [1.807, 2.05) is 58.0 Å². The van der Waals surface area contributed by atoms with Crippen LogP contribution in [0.4, 0.5) is 4.79 Å². The van der Waals surface area contributed by atoms with Crippen molar-refractivity contribution in [1.82, 2.24) is 10.7 Å². The molecule has 1 fully saturated rings. The van der Waals surface area contributed by atoms with Crippen LogP contribution in [-0.2, 0) is 9.53 Å². The molecule has 4 N–H and O–H groups in total. The molecule has 0 unspecified atom stereocenters. The number of nitrogens with two attached hydrogens (primary N) is 1. The summed E-state index contributed by atoms with van der Waals surface area (Å²) in [6.45, 7) is 7.84. The lowest BCUT2D eigenvalue weighted by atomic mass is 9.68. The highest BCUT2D eigenvalue weighted by Gasteiger charge is 2.39. The Morgan fingerprint density at radius 3 is 2.29 bits per heavy atom. The van der Waals surface area contributed by atoms with Crippen molar-refractivity contribution < 1.29 is 14.3 Å². The van der Waals surface area contributed by atoms with Crippen LogP contribution in [0.3, 0.4) is 0 Å². The zero-order chi connectivity index (χ0) is 20.8. The summed E-state index contributed by atoms with van der Waals surface area (Å²) in [7, 11) is 0. The van der Waals surface area contributed by atoms with Crippen LogP contribution in [0.25, 0.3) is 6.08 Å². The fraction of sp³-hybridized carbons (Fsp3) is 0.545. The molecule has 1 aromatic rings. The maximum atomic E-state index is 12.7. The van der Waals surface area contributed by atoms with Gasteiger partial charge in [-0.3, -0.25) is 10.2 Å². The number of hydrogen-bond donors (Lipinski definition) is 3. The van der Waals surface area contributed by atoms with Crippen LogP contribution in [0.2, 0.25) is 0 Å². The first kappa shape index (κ1) is 22.0. The van der Waals surface area contributed by atoms with E-state index in [4.69, 9.17) is 10.6 Å². The van der Waals surface area contributed by atoms with Gasteiger partial charge in [0.15, 0.2) is 0 Å². The van der Waals surface area contributed by atoms with Crippen molar-refractivity contribution in [2.75, 3.05) is 6.54 Å². The van der Waals surface area contributed by atoms with E-state index in [9.17, 15) is 9.59 Å². The molecule has 0 aromatic heterocycles. The highest BCUT2D eigenvalue weighted by molar-refractivity contribution is 5.99. The zero-order valence-electron chi connectivity index (χ0n) is 17.4. The number of carbonyl (C=O) groups is 2. The molecule has 1 aliphatic rings. The van der Waals surface area contributed by atoms with Gasteiger partial charge in [-0.15, -0.1) is 0 Å². The molecule has 2 rings (SSSR count). The normalized spacial score (nSPS) is 17.0. The molecule has 6 nitrogen and oxygen atoms in total. The second kappa shape index (κ2) is 9.24. The van der Waals surface area contributed by atoms with Gasteiger partial charge in [0.1, 0.15) is 5.60 Å².